The highest BCUT2D eigenvalue weighted by Crippen LogP contribution is 2.20. The van der Waals surface area contributed by atoms with Crippen molar-refractivity contribution in [1.29, 1.82) is 0 Å². The first kappa shape index (κ1) is 25.9. The molecular weight excluding hydrogens is 455 g/mol. The Morgan fingerprint density at radius 3 is 2.48 bits per heavy atom. The van der Waals surface area contributed by atoms with Crippen molar-refractivity contribution in [2.24, 2.45) is 4.99 Å². The highest BCUT2D eigenvalue weighted by Gasteiger charge is 2.11. The molecule has 0 spiro atoms. The molecular formula is C20H37IN4O2. The number of hydrogen-bond donors (Lipinski definition) is 2. The van der Waals surface area contributed by atoms with Crippen molar-refractivity contribution in [3.8, 4) is 5.75 Å². The predicted molar refractivity (Wildman–Crippen MR) is 125 cm³/mol. The lowest BCUT2D eigenvalue weighted by molar-refractivity contribution is 0.145. The molecule has 1 rings (SSSR count). The molecule has 0 heterocycles. The van der Waals surface area contributed by atoms with Gasteiger partial charge in [0.15, 0.2) is 5.96 Å². The van der Waals surface area contributed by atoms with Gasteiger partial charge in [0.2, 0.25) is 0 Å². The Labute approximate surface area is 182 Å². The molecule has 1 aromatic carbocycles. The highest BCUT2D eigenvalue weighted by atomic mass is 127. The molecule has 156 valence electrons. The standard InChI is InChI=1S/C20H36N4O2.HI/c1-7-24(8-2)17(4)14-22-20(21-5)23-15-18-10-9-16(3)13-19(18)26-12-11-25-6;/h9-10,13,17H,7-8,11-12,14-15H2,1-6H3,(H2,21,22,23);1H. The number of nitrogens with one attached hydrogen (secondary N) is 2. The molecule has 0 aromatic heterocycles. The van der Waals surface area contributed by atoms with Crippen molar-refractivity contribution < 1.29 is 9.47 Å². The van der Waals surface area contributed by atoms with Crippen LogP contribution in [0.2, 0.25) is 0 Å². The van der Waals surface area contributed by atoms with Crippen LogP contribution >= 0.6 is 24.0 Å². The van der Waals surface area contributed by atoms with Gasteiger partial charge >= 0.3 is 0 Å². The third-order valence-corrected chi connectivity index (χ3v) is 4.44. The van der Waals surface area contributed by atoms with Crippen LogP contribution in [-0.2, 0) is 11.3 Å². The topological polar surface area (TPSA) is 58.1 Å². The number of aliphatic imine (C=N–C) groups is 1. The summed E-state index contributed by atoms with van der Waals surface area (Å²) in [5, 5.41) is 6.78. The van der Waals surface area contributed by atoms with Gasteiger partial charge in [-0.15, -0.1) is 24.0 Å². The Kier molecular flexibility index (Phi) is 14.3. The van der Waals surface area contributed by atoms with Gasteiger partial charge in [-0.2, -0.15) is 0 Å². The molecule has 1 atom stereocenters. The summed E-state index contributed by atoms with van der Waals surface area (Å²) in [6.07, 6.45) is 0. The molecule has 0 aliphatic carbocycles. The monoisotopic (exact) mass is 492 g/mol. The Bertz CT molecular complexity index is 551. The summed E-state index contributed by atoms with van der Waals surface area (Å²) in [6, 6.07) is 6.70. The number of likely N-dealkylation sites (N-methyl/N-ethyl adjacent to an activating group) is 1. The fourth-order valence-electron chi connectivity index (χ4n) is 2.80. The molecule has 27 heavy (non-hydrogen) atoms. The largest absolute Gasteiger partial charge is 0.491 e. The zero-order valence-electron chi connectivity index (χ0n) is 17.7. The molecule has 7 heteroatoms. The van der Waals surface area contributed by atoms with Crippen molar-refractivity contribution in [2.75, 3.05) is 47.0 Å². The molecule has 1 aromatic rings. The summed E-state index contributed by atoms with van der Waals surface area (Å²) in [4.78, 5) is 6.74. The van der Waals surface area contributed by atoms with E-state index in [4.69, 9.17) is 9.47 Å². The minimum Gasteiger partial charge on any atom is -0.491 e. The second-order valence-corrected chi connectivity index (χ2v) is 6.33. The predicted octanol–water partition coefficient (Wildman–Crippen LogP) is 3.03. The van der Waals surface area contributed by atoms with E-state index in [0.29, 0.717) is 25.8 Å². The van der Waals surface area contributed by atoms with Gasteiger partial charge in [0.1, 0.15) is 12.4 Å². The lowest BCUT2D eigenvalue weighted by Crippen LogP contribution is -2.45. The molecule has 0 aliphatic rings. The van der Waals surface area contributed by atoms with Crippen LogP contribution in [0.15, 0.2) is 23.2 Å². The second-order valence-electron chi connectivity index (χ2n) is 6.33. The Hall–Kier alpha value is -1.06. The first-order valence-corrected chi connectivity index (χ1v) is 9.45. The van der Waals surface area contributed by atoms with E-state index in [1.54, 1.807) is 14.2 Å². The molecule has 0 bridgehead atoms. The van der Waals surface area contributed by atoms with E-state index in [2.05, 4.69) is 66.4 Å². The molecule has 0 fully saturated rings. The molecule has 1 unspecified atom stereocenters. The smallest absolute Gasteiger partial charge is 0.191 e. The van der Waals surface area contributed by atoms with Gasteiger partial charge in [-0.05, 0) is 38.6 Å². The van der Waals surface area contributed by atoms with Crippen LogP contribution in [0.1, 0.15) is 31.9 Å². The minimum absolute atomic E-state index is 0. The zero-order valence-corrected chi connectivity index (χ0v) is 20.0. The number of guanidine groups is 1. The van der Waals surface area contributed by atoms with Gasteiger partial charge < -0.3 is 20.1 Å². The lowest BCUT2D eigenvalue weighted by atomic mass is 10.1. The van der Waals surface area contributed by atoms with Crippen LogP contribution in [0.25, 0.3) is 0 Å². The van der Waals surface area contributed by atoms with E-state index in [-0.39, 0.29) is 24.0 Å². The van der Waals surface area contributed by atoms with Gasteiger partial charge in [0.25, 0.3) is 0 Å². The summed E-state index contributed by atoms with van der Waals surface area (Å²) in [7, 11) is 3.47. The van der Waals surface area contributed by atoms with E-state index in [1.165, 1.54) is 5.56 Å². The number of ether oxygens (including phenoxy) is 2. The average molecular weight is 492 g/mol. The SMILES string of the molecule is CCN(CC)C(C)CNC(=NC)NCc1ccc(C)cc1OCCOC.I. The third kappa shape index (κ3) is 9.62. The summed E-state index contributed by atoms with van der Waals surface area (Å²) >= 11 is 0. The first-order chi connectivity index (χ1) is 12.5. The summed E-state index contributed by atoms with van der Waals surface area (Å²) in [5.41, 5.74) is 2.28. The summed E-state index contributed by atoms with van der Waals surface area (Å²) in [6.45, 7) is 13.4. The van der Waals surface area contributed by atoms with Crippen LogP contribution in [0.5, 0.6) is 5.75 Å². The Balaban J connectivity index is 0.00000676. The number of rotatable bonds is 11. The van der Waals surface area contributed by atoms with Crippen molar-refractivity contribution in [1.82, 2.24) is 15.5 Å². The van der Waals surface area contributed by atoms with Crippen molar-refractivity contribution in [3.63, 3.8) is 0 Å². The number of methoxy groups -OCH3 is 1. The van der Waals surface area contributed by atoms with Gasteiger partial charge in [-0.3, -0.25) is 9.89 Å². The maximum Gasteiger partial charge on any atom is 0.191 e. The summed E-state index contributed by atoms with van der Waals surface area (Å²) in [5.74, 6) is 1.69. The quantitative estimate of drug-likeness (QED) is 0.215. The van der Waals surface area contributed by atoms with Crippen LogP contribution < -0.4 is 15.4 Å². The van der Waals surface area contributed by atoms with E-state index < -0.39 is 0 Å². The molecule has 0 aliphatic heterocycles. The summed E-state index contributed by atoms with van der Waals surface area (Å²) < 4.78 is 10.9. The molecule has 2 N–H and O–H groups in total. The fraction of sp³-hybridized carbons (Fsp3) is 0.650. The molecule has 0 amide bonds. The van der Waals surface area contributed by atoms with Gasteiger partial charge in [-0.1, -0.05) is 26.0 Å². The number of aryl methyl sites for hydroxylation is 1. The molecule has 0 saturated heterocycles. The van der Waals surface area contributed by atoms with Crippen molar-refractivity contribution in [2.45, 2.75) is 40.3 Å². The second kappa shape index (κ2) is 14.9. The average Bonchev–Trinajstić information content (AvgIpc) is 2.64. The van der Waals surface area contributed by atoms with E-state index >= 15 is 0 Å². The van der Waals surface area contributed by atoms with Crippen molar-refractivity contribution >= 4 is 29.9 Å². The number of halogens is 1. The Morgan fingerprint density at radius 1 is 1.19 bits per heavy atom. The molecule has 0 radical (unpaired) electrons. The minimum atomic E-state index is 0. The van der Waals surface area contributed by atoms with Crippen LogP contribution in [-0.4, -0.2) is 63.9 Å². The van der Waals surface area contributed by atoms with Crippen molar-refractivity contribution in [3.05, 3.63) is 29.3 Å². The van der Waals surface area contributed by atoms with E-state index in [0.717, 1.165) is 36.9 Å². The Morgan fingerprint density at radius 2 is 1.89 bits per heavy atom. The maximum absolute atomic E-state index is 5.85. The highest BCUT2D eigenvalue weighted by molar-refractivity contribution is 14.0. The molecule has 6 nitrogen and oxygen atoms in total. The molecule has 0 saturated carbocycles. The van der Waals surface area contributed by atoms with E-state index in [9.17, 15) is 0 Å². The van der Waals surface area contributed by atoms with Gasteiger partial charge in [0, 0.05) is 38.9 Å². The lowest BCUT2D eigenvalue weighted by Gasteiger charge is -2.27. The number of hydrogen-bond acceptors (Lipinski definition) is 4. The van der Waals surface area contributed by atoms with Gasteiger partial charge in [0.05, 0.1) is 6.61 Å². The fourth-order valence-corrected chi connectivity index (χ4v) is 2.80. The van der Waals surface area contributed by atoms with E-state index in [1.807, 2.05) is 0 Å². The first-order valence-electron chi connectivity index (χ1n) is 9.45. The van der Waals surface area contributed by atoms with Crippen LogP contribution in [0, 0.1) is 6.92 Å². The maximum atomic E-state index is 5.85. The van der Waals surface area contributed by atoms with Crippen LogP contribution in [0.4, 0.5) is 0 Å². The van der Waals surface area contributed by atoms with Gasteiger partial charge in [-0.25, -0.2) is 0 Å². The number of benzene rings is 1. The number of nitrogens with zero attached hydrogens (tertiary/aromatic N) is 2. The normalized spacial score (nSPS) is 12.5. The van der Waals surface area contributed by atoms with Crippen LogP contribution in [0.3, 0.4) is 0 Å². The zero-order chi connectivity index (χ0) is 19.4. The third-order valence-electron chi connectivity index (χ3n) is 4.44.